The lowest BCUT2D eigenvalue weighted by molar-refractivity contribution is -0.140. The third-order valence-electron chi connectivity index (χ3n) is 6.40. The molecular weight excluding hydrogens is 582 g/mol. The van der Waals surface area contributed by atoms with Gasteiger partial charge in [0.15, 0.2) is 0 Å². The summed E-state index contributed by atoms with van der Waals surface area (Å²) in [5.41, 5.74) is 8.34. The number of pyridine rings is 1. The van der Waals surface area contributed by atoms with Gasteiger partial charge in [-0.05, 0) is 57.9 Å². The highest BCUT2D eigenvalue weighted by Crippen LogP contribution is 2.25. The van der Waals surface area contributed by atoms with E-state index in [1.54, 1.807) is 11.8 Å². The van der Waals surface area contributed by atoms with Gasteiger partial charge in [0, 0.05) is 60.1 Å². The minimum atomic E-state index is -0.462. The average Bonchev–Trinajstić information content (AvgIpc) is 3.12. The molecule has 4 rings (SSSR count). The topological polar surface area (TPSA) is 144 Å². The molecule has 3 amide bonds. The number of halogens is 1. The summed E-state index contributed by atoms with van der Waals surface area (Å²) in [4.78, 5) is 53.7. The monoisotopic (exact) mass is 617 g/mol. The first-order valence-electron chi connectivity index (χ1n) is 12.9. The van der Waals surface area contributed by atoms with Crippen molar-refractivity contribution in [2.24, 2.45) is 0 Å². The summed E-state index contributed by atoms with van der Waals surface area (Å²) in [5, 5.41) is 3.26. The first-order valence-corrected chi connectivity index (χ1v) is 13.7. The fourth-order valence-electron chi connectivity index (χ4n) is 4.29. The molecule has 0 bridgehead atoms. The summed E-state index contributed by atoms with van der Waals surface area (Å²) < 4.78 is 10.9. The number of carbonyl (C=O) groups is 4. The van der Waals surface area contributed by atoms with E-state index in [2.05, 4.69) is 41.9 Å². The molecule has 216 valence electrons. The summed E-state index contributed by atoms with van der Waals surface area (Å²) in [5.74, 6) is -0.651. The van der Waals surface area contributed by atoms with E-state index >= 15 is 0 Å². The highest BCUT2D eigenvalue weighted by atomic mass is 79.9. The Kier molecular flexibility index (Phi) is 10.3. The second kappa shape index (κ2) is 13.2. The molecule has 0 atom stereocenters. The standard InChI is InChI=1S/C19H25BrN4O2.C9H11NO4/c1-19(2,3)26-18(25)24-8-6-23(7-9-24)12-13-10-17(21)22-16-11-14(20)4-5-15(13)16;1-5-6(3-4-7(11)14-2)9(13)10-8(5)12/h4-5,10-11H,6-9,12H2,1-3H3,(H2,21,22);3-4H2,1-2H3,(H,10,12,13). The molecule has 0 saturated carbocycles. The zero-order valence-corrected chi connectivity index (χ0v) is 25.1. The number of aromatic nitrogens is 1. The molecule has 1 aromatic heterocycles. The van der Waals surface area contributed by atoms with Gasteiger partial charge in [-0.3, -0.25) is 24.6 Å². The Labute approximate surface area is 242 Å². The average molecular weight is 619 g/mol. The molecule has 0 aliphatic carbocycles. The van der Waals surface area contributed by atoms with Crippen LogP contribution in [0.3, 0.4) is 0 Å². The lowest BCUT2D eigenvalue weighted by Crippen LogP contribution is -2.49. The van der Waals surface area contributed by atoms with Crippen LogP contribution in [0, 0.1) is 0 Å². The molecule has 3 N–H and O–H groups in total. The van der Waals surface area contributed by atoms with Crippen molar-refractivity contribution in [3.05, 3.63) is 45.4 Å². The Balaban J connectivity index is 0.000000267. The van der Waals surface area contributed by atoms with E-state index in [9.17, 15) is 19.2 Å². The smallest absolute Gasteiger partial charge is 0.410 e. The van der Waals surface area contributed by atoms with Crippen LogP contribution in [0.15, 0.2) is 39.9 Å². The van der Waals surface area contributed by atoms with Gasteiger partial charge in [-0.25, -0.2) is 9.78 Å². The lowest BCUT2D eigenvalue weighted by Gasteiger charge is -2.35. The molecule has 2 aliphatic rings. The molecule has 2 aliphatic heterocycles. The number of benzene rings is 1. The molecular formula is C28H36BrN5O6. The van der Waals surface area contributed by atoms with Gasteiger partial charge < -0.3 is 20.1 Å². The van der Waals surface area contributed by atoms with Gasteiger partial charge in [0.05, 0.1) is 12.6 Å². The molecule has 0 unspecified atom stereocenters. The Bertz CT molecular complexity index is 1320. The van der Waals surface area contributed by atoms with Gasteiger partial charge >= 0.3 is 12.1 Å². The number of fused-ring (bicyclic) bond motifs is 1. The zero-order chi connectivity index (χ0) is 29.6. The Morgan fingerprint density at radius 1 is 1.10 bits per heavy atom. The van der Waals surface area contributed by atoms with E-state index in [0.29, 0.717) is 30.1 Å². The normalized spacial score (nSPS) is 16.0. The number of anilines is 1. The van der Waals surface area contributed by atoms with Crippen LogP contribution >= 0.6 is 15.9 Å². The van der Waals surface area contributed by atoms with E-state index in [1.165, 1.54) is 7.11 Å². The van der Waals surface area contributed by atoms with Crippen LogP contribution in [-0.2, 0) is 30.4 Å². The predicted molar refractivity (Wildman–Crippen MR) is 154 cm³/mol. The van der Waals surface area contributed by atoms with Crippen molar-refractivity contribution >= 4 is 56.5 Å². The number of nitrogen functional groups attached to an aromatic ring is 1. The number of nitrogens with zero attached hydrogens (tertiary/aromatic N) is 3. The third-order valence-corrected chi connectivity index (χ3v) is 6.89. The van der Waals surface area contributed by atoms with Crippen LogP contribution in [-0.4, -0.2) is 77.6 Å². The second-order valence-electron chi connectivity index (χ2n) is 10.6. The van der Waals surface area contributed by atoms with Crippen molar-refractivity contribution in [2.45, 2.75) is 52.7 Å². The Hall–Kier alpha value is -3.51. The summed E-state index contributed by atoms with van der Waals surface area (Å²) >= 11 is 3.48. The van der Waals surface area contributed by atoms with E-state index in [0.717, 1.165) is 40.6 Å². The van der Waals surface area contributed by atoms with Crippen molar-refractivity contribution in [3.8, 4) is 0 Å². The number of hydrogen-bond donors (Lipinski definition) is 2. The molecule has 40 heavy (non-hydrogen) atoms. The fourth-order valence-corrected chi connectivity index (χ4v) is 4.64. The number of nitrogens with two attached hydrogens (primary N) is 1. The third kappa shape index (κ3) is 8.49. The van der Waals surface area contributed by atoms with Gasteiger partial charge in [-0.1, -0.05) is 22.0 Å². The summed E-state index contributed by atoms with van der Waals surface area (Å²) in [6.45, 7) is 11.0. The van der Waals surface area contributed by atoms with Gasteiger partial charge in [0.2, 0.25) is 0 Å². The highest BCUT2D eigenvalue weighted by Gasteiger charge is 2.27. The van der Waals surface area contributed by atoms with Gasteiger partial charge in [-0.2, -0.15) is 0 Å². The molecule has 12 heteroatoms. The van der Waals surface area contributed by atoms with Crippen molar-refractivity contribution in [2.75, 3.05) is 39.0 Å². The van der Waals surface area contributed by atoms with Crippen LogP contribution < -0.4 is 11.1 Å². The fraction of sp³-hybridized carbons (Fsp3) is 0.464. The zero-order valence-electron chi connectivity index (χ0n) is 23.5. The van der Waals surface area contributed by atoms with E-state index in [-0.39, 0.29) is 24.8 Å². The van der Waals surface area contributed by atoms with E-state index in [4.69, 9.17) is 10.5 Å². The van der Waals surface area contributed by atoms with Crippen LogP contribution in [0.4, 0.5) is 10.6 Å². The van der Waals surface area contributed by atoms with Crippen LogP contribution in [0.25, 0.3) is 10.9 Å². The van der Waals surface area contributed by atoms with E-state index < -0.39 is 17.5 Å². The minimum absolute atomic E-state index is 0.115. The SMILES string of the molecule is CC(C)(C)OC(=O)N1CCN(Cc2cc(N)nc3cc(Br)ccc23)CC1.COC(=O)CCC1=C(C)C(=O)NC1=O. The van der Waals surface area contributed by atoms with Gasteiger partial charge in [0.25, 0.3) is 11.8 Å². The number of imide groups is 1. The van der Waals surface area contributed by atoms with E-state index in [1.807, 2.05) is 39.0 Å². The highest BCUT2D eigenvalue weighted by molar-refractivity contribution is 9.10. The van der Waals surface area contributed by atoms with Gasteiger partial charge in [0.1, 0.15) is 11.4 Å². The van der Waals surface area contributed by atoms with Gasteiger partial charge in [-0.15, -0.1) is 0 Å². The number of rotatable bonds is 5. The Morgan fingerprint density at radius 2 is 1.77 bits per heavy atom. The minimum Gasteiger partial charge on any atom is -0.469 e. The van der Waals surface area contributed by atoms with Crippen molar-refractivity contribution < 1.29 is 28.7 Å². The largest absolute Gasteiger partial charge is 0.469 e. The van der Waals surface area contributed by atoms with Crippen LogP contribution in [0.5, 0.6) is 0 Å². The number of esters is 1. The van der Waals surface area contributed by atoms with Crippen LogP contribution in [0.2, 0.25) is 0 Å². The second-order valence-corrected chi connectivity index (χ2v) is 11.5. The molecule has 11 nitrogen and oxygen atoms in total. The number of hydrogen-bond acceptors (Lipinski definition) is 9. The van der Waals surface area contributed by atoms with Crippen molar-refractivity contribution in [1.82, 2.24) is 20.1 Å². The summed E-state index contributed by atoms with van der Waals surface area (Å²) in [7, 11) is 1.28. The van der Waals surface area contributed by atoms with Crippen molar-refractivity contribution in [3.63, 3.8) is 0 Å². The maximum absolute atomic E-state index is 12.2. The number of nitrogens with one attached hydrogen (secondary N) is 1. The lowest BCUT2D eigenvalue weighted by atomic mass is 10.1. The molecule has 0 spiro atoms. The first kappa shape index (κ1) is 31.0. The molecule has 1 aromatic carbocycles. The maximum atomic E-state index is 12.2. The number of ether oxygens (including phenoxy) is 2. The molecule has 3 heterocycles. The molecule has 2 aromatic rings. The Morgan fingerprint density at radius 3 is 2.35 bits per heavy atom. The van der Waals surface area contributed by atoms with Crippen LogP contribution in [0.1, 0.15) is 46.1 Å². The molecule has 1 fully saturated rings. The summed E-state index contributed by atoms with van der Waals surface area (Å²) in [6, 6.07) is 8.01. The number of carbonyl (C=O) groups excluding carboxylic acids is 4. The van der Waals surface area contributed by atoms with Crippen molar-refractivity contribution in [1.29, 1.82) is 0 Å². The summed E-state index contributed by atoms with van der Waals surface area (Å²) in [6.07, 6.45) is 0.126. The number of piperazine rings is 1. The molecule has 1 saturated heterocycles. The molecule has 0 radical (unpaired) electrons. The number of methoxy groups -OCH3 is 1. The quantitative estimate of drug-likeness (QED) is 0.380. The predicted octanol–water partition coefficient (Wildman–Crippen LogP) is 3.54. The number of amides is 3. The first-order chi connectivity index (χ1) is 18.8. The maximum Gasteiger partial charge on any atom is 0.410 e.